The Kier molecular flexibility index (Phi) is 7.56. The summed E-state index contributed by atoms with van der Waals surface area (Å²) in [5.74, 6) is 0.239. The Morgan fingerprint density at radius 1 is 1.42 bits per heavy atom. The molecule has 0 atom stereocenters. The van der Waals surface area contributed by atoms with Crippen LogP contribution in [0.2, 0.25) is 0 Å². The van der Waals surface area contributed by atoms with Gasteiger partial charge in [0.2, 0.25) is 5.91 Å². The van der Waals surface area contributed by atoms with Crippen LogP contribution in [0.25, 0.3) is 0 Å². The third kappa shape index (κ3) is 5.58. The fourth-order valence-corrected chi connectivity index (χ4v) is 1.33. The van der Waals surface area contributed by atoms with E-state index in [4.69, 9.17) is 0 Å². The van der Waals surface area contributed by atoms with Crippen molar-refractivity contribution in [2.24, 2.45) is 0 Å². The van der Waals surface area contributed by atoms with Gasteiger partial charge in [0.15, 0.2) is 0 Å². The van der Waals surface area contributed by atoms with E-state index in [1.165, 1.54) is 12.8 Å². The molecule has 0 spiro atoms. The van der Waals surface area contributed by atoms with E-state index >= 15 is 0 Å². The summed E-state index contributed by atoms with van der Waals surface area (Å²) in [5, 5.41) is 0.768. The topological polar surface area (TPSA) is 20.3 Å². The largest absolute Gasteiger partial charge is 0.346 e. The molecule has 0 aliphatic heterocycles. The number of hydrogen-bond acceptors (Lipinski definition) is 1. The Morgan fingerprint density at radius 3 is 2.58 bits per heavy atom. The maximum atomic E-state index is 11.2. The quantitative estimate of drug-likeness (QED) is 0.512. The van der Waals surface area contributed by atoms with E-state index in [0.29, 0.717) is 6.42 Å². The van der Waals surface area contributed by atoms with Crippen molar-refractivity contribution in [2.75, 3.05) is 18.9 Å². The van der Waals surface area contributed by atoms with Crippen LogP contribution in [0.5, 0.6) is 0 Å². The van der Waals surface area contributed by atoms with E-state index in [-0.39, 0.29) is 5.91 Å². The van der Waals surface area contributed by atoms with Gasteiger partial charge in [0.1, 0.15) is 0 Å². The van der Waals surface area contributed by atoms with Gasteiger partial charge >= 0.3 is 0 Å². The summed E-state index contributed by atoms with van der Waals surface area (Å²) < 4.78 is 0. The minimum Gasteiger partial charge on any atom is -0.346 e. The summed E-state index contributed by atoms with van der Waals surface area (Å²) in [6, 6.07) is 0. The number of nitrogens with zero attached hydrogens (tertiary/aromatic N) is 1. The van der Waals surface area contributed by atoms with Crippen molar-refractivity contribution in [3.63, 3.8) is 0 Å². The predicted octanol–water partition coefficient (Wildman–Crippen LogP) is 2.42. The van der Waals surface area contributed by atoms with Crippen molar-refractivity contribution < 1.29 is 4.79 Å². The van der Waals surface area contributed by atoms with Crippen LogP contribution >= 0.6 is 15.9 Å². The van der Waals surface area contributed by atoms with Crippen molar-refractivity contribution in [3.8, 4) is 0 Å². The molecule has 0 aromatic rings. The predicted molar refractivity (Wildman–Crippen MR) is 55.6 cm³/mol. The van der Waals surface area contributed by atoms with Crippen LogP contribution in [0.15, 0.2) is 0 Å². The second-order valence-corrected chi connectivity index (χ2v) is 3.75. The van der Waals surface area contributed by atoms with Gasteiger partial charge in [-0.3, -0.25) is 4.79 Å². The third-order valence-electron chi connectivity index (χ3n) is 1.83. The normalized spacial score (nSPS) is 9.92. The van der Waals surface area contributed by atoms with Gasteiger partial charge in [-0.15, -0.1) is 0 Å². The average molecular weight is 236 g/mol. The highest BCUT2D eigenvalue weighted by Gasteiger charge is 2.05. The molecule has 0 saturated carbocycles. The van der Waals surface area contributed by atoms with Crippen LogP contribution in [-0.4, -0.2) is 29.7 Å². The van der Waals surface area contributed by atoms with Crippen molar-refractivity contribution in [1.29, 1.82) is 0 Å². The Balaban J connectivity index is 3.42. The molecule has 0 fully saturated rings. The molecule has 0 aromatic carbocycles. The number of amides is 1. The lowest BCUT2D eigenvalue weighted by atomic mass is 10.2. The molecule has 72 valence electrons. The Hall–Kier alpha value is -0.0500. The monoisotopic (exact) mass is 235 g/mol. The minimum absolute atomic E-state index is 0.239. The van der Waals surface area contributed by atoms with Gasteiger partial charge in [-0.1, -0.05) is 35.7 Å². The van der Waals surface area contributed by atoms with Gasteiger partial charge < -0.3 is 4.90 Å². The highest BCUT2D eigenvalue weighted by molar-refractivity contribution is 9.09. The first kappa shape index (κ1) is 11.9. The Labute approximate surface area is 83.4 Å². The molecular formula is C9H18BrNO. The highest BCUT2D eigenvalue weighted by atomic mass is 79.9. The Bertz CT molecular complexity index is 128. The second-order valence-electron chi connectivity index (χ2n) is 2.96. The summed E-state index contributed by atoms with van der Waals surface area (Å²) in [4.78, 5) is 13.0. The van der Waals surface area contributed by atoms with Gasteiger partial charge in [0.05, 0.1) is 0 Å². The molecule has 0 unspecified atom stereocenters. The SMILES string of the molecule is CCCCCN(C)C(=O)CCBr. The maximum Gasteiger partial charge on any atom is 0.223 e. The van der Waals surface area contributed by atoms with Crippen LogP contribution in [-0.2, 0) is 4.79 Å². The molecule has 2 nitrogen and oxygen atoms in total. The standard InChI is InChI=1S/C9H18BrNO/c1-3-4-5-8-11(2)9(12)6-7-10/h3-8H2,1-2H3. The zero-order chi connectivity index (χ0) is 9.40. The first-order valence-electron chi connectivity index (χ1n) is 4.52. The number of halogens is 1. The molecular weight excluding hydrogens is 218 g/mol. The van der Waals surface area contributed by atoms with Gasteiger partial charge in [-0.25, -0.2) is 0 Å². The minimum atomic E-state index is 0.239. The molecule has 0 saturated heterocycles. The van der Waals surface area contributed by atoms with Crippen molar-refractivity contribution >= 4 is 21.8 Å². The van der Waals surface area contributed by atoms with Crippen molar-refractivity contribution in [1.82, 2.24) is 4.90 Å². The second kappa shape index (κ2) is 7.59. The summed E-state index contributed by atoms with van der Waals surface area (Å²) in [7, 11) is 1.88. The molecule has 0 radical (unpaired) electrons. The van der Waals surface area contributed by atoms with E-state index in [2.05, 4.69) is 22.9 Å². The average Bonchev–Trinajstić information content (AvgIpc) is 2.05. The van der Waals surface area contributed by atoms with Gasteiger partial charge in [0.25, 0.3) is 0 Å². The molecule has 1 amide bonds. The summed E-state index contributed by atoms with van der Waals surface area (Å²) in [6.45, 7) is 3.07. The molecule has 0 aliphatic carbocycles. The van der Waals surface area contributed by atoms with Gasteiger partial charge in [-0.05, 0) is 6.42 Å². The van der Waals surface area contributed by atoms with Crippen LogP contribution in [0.1, 0.15) is 32.6 Å². The lowest BCUT2D eigenvalue weighted by molar-refractivity contribution is -0.129. The summed E-state index contributed by atoms with van der Waals surface area (Å²) in [5.41, 5.74) is 0. The van der Waals surface area contributed by atoms with Crippen LogP contribution in [0, 0.1) is 0 Å². The first-order valence-corrected chi connectivity index (χ1v) is 5.64. The van der Waals surface area contributed by atoms with Crippen molar-refractivity contribution in [3.05, 3.63) is 0 Å². The van der Waals surface area contributed by atoms with Crippen LogP contribution in [0.3, 0.4) is 0 Å². The fraction of sp³-hybridized carbons (Fsp3) is 0.889. The maximum absolute atomic E-state index is 11.2. The molecule has 0 N–H and O–H groups in total. The molecule has 3 heteroatoms. The lowest BCUT2D eigenvalue weighted by Crippen LogP contribution is -2.27. The molecule has 0 aliphatic rings. The molecule has 0 heterocycles. The molecule has 12 heavy (non-hydrogen) atoms. The molecule has 0 rings (SSSR count). The summed E-state index contributed by atoms with van der Waals surface area (Å²) in [6.07, 6.45) is 4.16. The number of carbonyl (C=O) groups is 1. The number of hydrogen-bond donors (Lipinski definition) is 0. The van der Waals surface area contributed by atoms with E-state index in [1.54, 1.807) is 0 Å². The first-order chi connectivity index (χ1) is 5.72. The summed E-state index contributed by atoms with van der Waals surface area (Å²) >= 11 is 3.25. The number of carbonyl (C=O) groups excluding carboxylic acids is 1. The Morgan fingerprint density at radius 2 is 2.08 bits per heavy atom. The number of rotatable bonds is 6. The van der Waals surface area contributed by atoms with Gasteiger partial charge in [0, 0.05) is 25.3 Å². The van der Waals surface area contributed by atoms with Crippen LogP contribution < -0.4 is 0 Å². The van der Waals surface area contributed by atoms with E-state index in [0.717, 1.165) is 18.3 Å². The van der Waals surface area contributed by atoms with Crippen LogP contribution in [0.4, 0.5) is 0 Å². The zero-order valence-corrected chi connectivity index (χ0v) is 9.56. The smallest absolute Gasteiger partial charge is 0.223 e. The van der Waals surface area contributed by atoms with Crippen molar-refractivity contribution in [2.45, 2.75) is 32.6 Å². The molecule has 0 aromatic heterocycles. The highest BCUT2D eigenvalue weighted by Crippen LogP contribution is 1.99. The third-order valence-corrected chi connectivity index (χ3v) is 2.23. The number of alkyl halides is 1. The zero-order valence-electron chi connectivity index (χ0n) is 7.98. The molecule has 0 bridgehead atoms. The van der Waals surface area contributed by atoms with E-state index in [1.807, 2.05) is 11.9 Å². The fourth-order valence-electron chi connectivity index (χ4n) is 0.995. The number of unbranched alkanes of at least 4 members (excludes halogenated alkanes) is 2. The van der Waals surface area contributed by atoms with E-state index in [9.17, 15) is 4.79 Å². The van der Waals surface area contributed by atoms with E-state index < -0.39 is 0 Å². The lowest BCUT2D eigenvalue weighted by Gasteiger charge is -2.15. The van der Waals surface area contributed by atoms with Gasteiger partial charge in [-0.2, -0.15) is 0 Å².